The average Bonchev–Trinajstić information content (AvgIpc) is 2.61. The van der Waals surface area contributed by atoms with Crippen LogP contribution in [0.15, 0.2) is 36.4 Å². The molecule has 132 valence electrons. The molecule has 0 aromatic heterocycles. The van der Waals surface area contributed by atoms with Gasteiger partial charge in [0.25, 0.3) is 0 Å². The lowest BCUT2D eigenvalue weighted by Crippen LogP contribution is -2.50. The van der Waals surface area contributed by atoms with Gasteiger partial charge in [-0.3, -0.25) is 0 Å². The van der Waals surface area contributed by atoms with Crippen molar-refractivity contribution >= 4 is 17.4 Å². The Bertz CT molecular complexity index is 756. The minimum Gasteiger partial charge on any atom is -0.368 e. The van der Waals surface area contributed by atoms with Gasteiger partial charge in [-0.15, -0.1) is 0 Å². The van der Waals surface area contributed by atoms with Gasteiger partial charge in [0.2, 0.25) is 0 Å². The molecule has 4 nitrogen and oxygen atoms in total. The molecule has 2 aromatic rings. The van der Waals surface area contributed by atoms with Crippen LogP contribution >= 0.6 is 0 Å². The predicted octanol–water partition coefficient (Wildman–Crippen LogP) is 4.27. The molecule has 1 heterocycles. The summed E-state index contributed by atoms with van der Waals surface area (Å²) in [6.45, 7) is 11.5. The van der Waals surface area contributed by atoms with Crippen molar-refractivity contribution in [3.63, 3.8) is 0 Å². The molecule has 0 atom stereocenters. The standard InChI is InChI=1S/C21H27N3O/c1-15-8-9-19(14-18(15)4)23-10-12-24(13-11-23)21(25)22-20-16(2)6-5-7-17(20)3/h5-9,14H,10-13H2,1-4H3,(H,22,25). The lowest BCUT2D eigenvalue weighted by molar-refractivity contribution is 0.208. The van der Waals surface area contributed by atoms with Crippen LogP contribution < -0.4 is 10.2 Å². The summed E-state index contributed by atoms with van der Waals surface area (Å²) in [5.74, 6) is 0. The Kier molecular flexibility index (Phi) is 4.98. The maximum atomic E-state index is 12.6. The van der Waals surface area contributed by atoms with Crippen molar-refractivity contribution in [3.05, 3.63) is 58.7 Å². The summed E-state index contributed by atoms with van der Waals surface area (Å²) in [6.07, 6.45) is 0. The van der Waals surface area contributed by atoms with E-state index >= 15 is 0 Å². The number of carbonyl (C=O) groups is 1. The number of nitrogens with one attached hydrogen (secondary N) is 1. The molecule has 0 bridgehead atoms. The number of aryl methyl sites for hydroxylation is 4. The quantitative estimate of drug-likeness (QED) is 0.888. The highest BCUT2D eigenvalue weighted by Crippen LogP contribution is 2.22. The first-order valence-corrected chi connectivity index (χ1v) is 8.90. The lowest BCUT2D eigenvalue weighted by Gasteiger charge is -2.36. The van der Waals surface area contributed by atoms with Gasteiger partial charge in [-0.05, 0) is 62.1 Å². The maximum absolute atomic E-state index is 12.6. The third-order valence-corrected chi connectivity index (χ3v) is 5.14. The topological polar surface area (TPSA) is 35.6 Å². The average molecular weight is 337 g/mol. The first-order chi connectivity index (χ1) is 12.0. The van der Waals surface area contributed by atoms with Gasteiger partial charge in [0.15, 0.2) is 0 Å². The number of carbonyl (C=O) groups excluding carboxylic acids is 1. The van der Waals surface area contributed by atoms with E-state index < -0.39 is 0 Å². The zero-order valence-corrected chi connectivity index (χ0v) is 15.6. The highest BCUT2D eigenvalue weighted by atomic mass is 16.2. The molecular weight excluding hydrogens is 310 g/mol. The van der Waals surface area contributed by atoms with Gasteiger partial charge in [0.05, 0.1) is 0 Å². The Hall–Kier alpha value is -2.49. The van der Waals surface area contributed by atoms with E-state index in [-0.39, 0.29) is 6.03 Å². The van der Waals surface area contributed by atoms with Crippen molar-refractivity contribution in [2.24, 2.45) is 0 Å². The third kappa shape index (κ3) is 3.78. The third-order valence-electron chi connectivity index (χ3n) is 5.14. The van der Waals surface area contributed by atoms with E-state index in [1.807, 2.05) is 36.9 Å². The molecule has 3 rings (SSSR count). The highest BCUT2D eigenvalue weighted by Gasteiger charge is 2.22. The molecule has 1 saturated heterocycles. The minimum absolute atomic E-state index is 0.00265. The molecular formula is C21H27N3O. The number of amides is 2. The zero-order chi connectivity index (χ0) is 18.0. The normalized spacial score (nSPS) is 14.6. The Morgan fingerprint density at radius 3 is 2.08 bits per heavy atom. The van der Waals surface area contributed by atoms with Gasteiger partial charge in [0.1, 0.15) is 0 Å². The second-order valence-electron chi connectivity index (χ2n) is 6.94. The molecule has 1 fully saturated rings. The van der Waals surface area contributed by atoms with E-state index in [0.717, 1.165) is 43.0 Å². The van der Waals surface area contributed by atoms with Gasteiger partial charge in [0, 0.05) is 37.6 Å². The Morgan fingerprint density at radius 2 is 1.48 bits per heavy atom. The van der Waals surface area contributed by atoms with Gasteiger partial charge in [-0.25, -0.2) is 4.79 Å². The summed E-state index contributed by atoms with van der Waals surface area (Å²) < 4.78 is 0. The highest BCUT2D eigenvalue weighted by molar-refractivity contribution is 5.91. The van der Waals surface area contributed by atoms with Crippen LogP contribution in [0.25, 0.3) is 0 Å². The molecule has 2 amide bonds. The van der Waals surface area contributed by atoms with Crippen LogP contribution in [0.2, 0.25) is 0 Å². The number of nitrogens with zero attached hydrogens (tertiary/aromatic N) is 2. The van der Waals surface area contributed by atoms with Crippen molar-refractivity contribution in [2.75, 3.05) is 36.4 Å². The summed E-state index contributed by atoms with van der Waals surface area (Å²) in [6, 6.07) is 12.7. The zero-order valence-electron chi connectivity index (χ0n) is 15.6. The lowest BCUT2D eigenvalue weighted by atomic mass is 10.1. The fourth-order valence-corrected chi connectivity index (χ4v) is 3.29. The van der Waals surface area contributed by atoms with Crippen LogP contribution in [0.5, 0.6) is 0 Å². The fraction of sp³-hybridized carbons (Fsp3) is 0.381. The van der Waals surface area contributed by atoms with E-state index in [9.17, 15) is 4.79 Å². The van der Waals surface area contributed by atoms with Crippen molar-refractivity contribution in [3.8, 4) is 0 Å². The monoisotopic (exact) mass is 337 g/mol. The summed E-state index contributed by atoms with van der Waals surface area (Å²) in [7, 11) is 0. The molecule has 1 aliphatic rings. The number of anilines is 2. The Labute approximate surface area is 150 Å². The van der Waals surface area contributed by atoms with Crippen LogP contribution in [-0.2, 0) is 0 Å². The SMILES string of the molecule is Cc1ccc(N2CCN(C(=O)Nc3c(C)cccc3C)CC2)cc1C. The van der Waals surface area contributed by atoms with Gasteiger partial charge in [-0.2, -0.15) is 0 Å². The Balaban J connectivity index is 1.62. The number of hydrogen-bond donors (Lipinski definition) is 1. The van der Waals surface area contributed by atoms with Crippen molar-refractivity contribution in [1.29, 1.82) is 0 Å². The molecule has 0 saturated carbocycles. The smallest absolute Gasteiger partial charge is 0.321 e. The molecule has 1 aliphatic heterocycles. The first kappa shape index (κ1) is 17.3. The number of benzene rings is 2. The van der Waals surface area contributed by atoms with Crippen LogP contribution in [0, 0.1) is 27.7 Å². The first-order valence-electron chi connectivity index (χ1n) is 8.90. The van der Waals surface area contributed by atoms with E-state index in [1.54, 1.807) is 0 Å². The van der Waals surface area contributed by atoms with Crippen LogP contribution in [0.4, 0.5) is 16.2 Å². The largest absolute Gasteiger partial charge is 0.368 e. The molecule has 0 aliphatic carbocycles. The summed E-state index contributed by atoms with van der Waals surface area (Å²) >= 11 is 0. The van der Waals surface area contributed by atoms with Gasteiger partial charge in [-0.1, -0.05) is 24.3 Å². The molecule has 0 unspecified atom stereocenters. The molecule has 25 heavy (non-hydrogen) atoms. The number of hydrogen-bond acceptors (Lipinski definition) is 2. The number of piperazine rings is 1. The molecule has 2 aromatic carbocycles. The predicted molar refractivity (Wildman–Crippen MR) is 105 cm³/mol. The molecule has 1 N–H and O–H groups in total. The van der Waals surface area contributed by atoms with Crippen LogP contribution in [0.1, 0.15) is 22.3 Å². The Morgan fingerprint density at radius 1 is 0.840 bits per heavy atom. The fourth-order valence-electron chi connectivity index (χ4n) is 3.29. The van der Waals surface area contributed by atoms with Crippen LogP contribution in [0.3, 0.4) is 0 Å². The van der Waals surface area contributed by atoms with Crippen molar-refractivity contribution < 1.29 is 4.79 Å². The second-order valence-corrected chi connectivity index (χ2v) is 6.94. The number of rotatable bonds is 2. The molecule has 0 spiro atoms. The molecule has 4 heteroatoms. The van der Waals surface area contributed by atoms with E-state index in [4.69, 9.17) is 0 Å². The van der Waals surface area contributed by atoms with E-state index in [1.165, 1.54) is 16.8 Å². The van der Waals surface area contributed by atoms with Gasteiger partial charge >= 0.3 is 6.03 Å². The number of para-hydroxylation sites is 1. The number of urea groups is 1. The van der Waals surface area contributed by atoms with E-state index in [2.05, 4.69) is 42.3 Å². The summed E-state index contributed by atoms with van der Waals surface area (Å²) in [5, 5.41) is 3.09. The summed E-state index contributed by atoms with van der Waals surface area (Å²) in [5.41, 5.74) is 7.01. The summed E-state index contributed by atoms with van der Waals surface area (Å²) in [4.78, 5) is 16.9. The van der Waals surface area contributed by atoms with Crippen molar-refractivity contribution in [1.82, 2.24) is 4.90 Å². The van der Waals surface area contributed by atoms with E-state index in [0.29, 0.717) is 0 Å². The maximum Gasteiger partial charge on any atom is 0.321 e. The van der Waals surface area contributed by atoms with Gasteiger partial charge < -0.3 is 15.1 Å². The van der Waals surface area contributed by atoms with Crippen LogP contribution in [-0.4, -0.2) is 37.1 Å². The van der Waals surface area contributed by atoms with Crippen molar-refractivity contribution in [2.45, 2.75) is 27.7 Å². The molecule has 0 radical (unpaired) electrons. The minimum atomic E-state index is -0.00265. The second kappa shape index (κ2) is 7.18.